The second-order valence-corrected chi connectivity index (χ2v) is 22.1. The Kier molecular flexibility index (Phi) is 20.4. The summed E-state index contributed by atoms with van der Waals surface area (Å²) in [5, 5.41) is 37.7. The molecule has 0 saturated carbocycles. The minimum Gasteiger partial charge on any atom is -0.396 e. The number of hydrogen-bond donors (Lipinski definition) is 7. The summed E-state index contributed by atoms with van der Waals surface area (Å²) in [5.41, 5.74) is 1.72. The summed E-state index contributed by atoms with van der Waals surface area (Å²) in [7, 11) is 4.16. The van der Waals surface area contributed by atoms with Gasteiger partial charge in [-0.15, -0.1) is 0 Å². The summed E-state index contributed by atoms with van der Waals surface area (Å²) in [6.45, 7) is 19.8. The fourth-order valence-corrected chi connectivity index (χ4v) is 9.86. The Hall–Kier alpha value is -6.15. The number of nitrogens with zero attached hydrogens (tertiary/aromatic N) is 3. The lowest BCUT2D eigenvalue weighted by Gasteiger charge is -2.36. The predicted octanol–water partition coefficient (Wildman–Crippen LogP) is 3.63. The van der Waals surface area contributed by atoms with E-state index in [1.807, 2.05) is 58.2 Å². The molecule has 19 nitrogen and oxygen atoms in total. The van der Waals surface area contributed by atoms with Crippen molar-refractivity contribution in [3.05, 3.63) is 83.6 Å². The maximum Gasteiger partial charge on any atom is 0.248 e. The molecule has 2 saturated heterocycles. The van der Waals surface area contributed by atoms with E-state index < -0.39 is 119 Å². The highest BCUT2D eigenvalue weighted by atomic mass is 16.6. The molecule has 0 radical (unpaired) electrons. The molecule has 0 spiro atoms. The van der Waals surface area contributed by atoms with Crippen LogP contribution in [-0.4, -0.2) is 149 Å². The second kappa shape index (κ2) is 25.6. The van der Waals surface area contributed by atoms with E-state index in [1.165, 1.54) is 33.0 Å². The SMILES string of the molecule is CO[C@H](c1ccccc1)[C@@H]1NC(=O)[C@H](C)NC(=O)[C@H](C[C@@H](C)CO)N(C)C(=O)[C@H]([C@H](O)c2cn(C(C)(C)[C@@H]3CO3)c3ccccc23)NC(=O)[C@H]([C@H](C)C=C(C)C)NC(=O)[C@H](CC(C)C)N(C)C(=O)C(C(C)C)NC1=O. The van der Waals surface area contributed by atoms with Gasteiger partial charge in [0.2, 0.25) is 41.4 Å². The molecule has 7 amide bonds. The summed E-state index contributed by atoms with van der Waals surface area (Å²) < 4.78 is 13.6. The highest BCUT2D eigenvalue weighted by Gasteiger charge is 2.45. The predicted molar refractivity (Wildman–Crippen MR) is 284 cm³/mol. The van der Waals surface area contributed by atoms with Gasteiger partial charge in [-0.3, -0.25) is 33.6 Å². The van der Waals surface area contributed by atoms with Crippen molar-refractivity contribution < 1.29 is 53.2 Å². The van der Waals surface area contributed by atoms with E-state index in [9.17, 15) is 34.2 Å². The number of nitrogens with one attached hydrogen (secondary N) is 5. The van der Waals surface area contributed by atoms with Crippen molar-refractivity contribution in [2.75, 3.05) is 34.4 Å². The van der Waals surface area contributed by atoms with E-state index in [-0.39, 0.29) is 37.0 Å². The molecule has 3 aromatic rings. The van der Waals surface area contributed by atoms with Crippen LogP contribution in [0, 0.1) is 23.7 Å². The van der Waals surface area contributed by atoms with E-state index in [2.05, 4.69) is 26.6 Å². The first-order valence-corrected chi connectivity index (χ1v) is 26.0. The van der Waals surface area contributed by atoms with Gasteiger partial charge in [-0.1, -0.05) is 102 Å². The molecule has 3 heterocycles. The Morgan fingerprint density at radius 2 is 1.25 bits per heavy atom. The zero-order valence-corrected chi connectivity index (χ0v) is 46.2. The number of methoxy groups -OCH3 is 1. The third-order valence-corrected chi connectivity index (χ3v) is 14.5. The maximum absolute atomic E-state index is 15.4. The van der Waals surface area contributed by atoms with Gasteiger partial charge in [0.25, 0.3) is 0 Å². The van der Waals surface area contributed by atoms with Crippen molar-refractivity contribution >= 4 is 52.3 Å². The maximum atomic E-state index is 15.4. The fraction of sp³-hybridized carbons (Fsp3) is 0.589. The van der Waals surface area contributed by atoms with Crippen LogP contribution in [0.5, 0.6) is 0 Å². The van der Waals surface area contributed by atoms with Crippen LogP contribution in [0.3, 0.4) is 0 Å². The molecular weight excluding hydrogens is 961 g/mol. The van der Waals surface area contributed by atoms with Gasteiger partial charge in [-0.2, -0.15) is 0 Å². The van der Waals surface area contributed by atoms with Crippen LogP contribution in [0.4, 0.5) is 0 Å². The quantitative estimate of drug-likeness (QED) is 0.0855. The van der Waals surface area contributed by atoms with Crippen LogP contribution in [0.1, 0.15) is 112 Å². The van der Waals surface area contributed by atoms with Crippen LogP contribution in [0.2, 0.25) is 0 Å². The topological polar surface area (TPSA) is 253 Å². The number of carbonyl (C=O) groups excluding carboxylic acids is 7. The van der Waals surface area contributed by atoms with E-state index in [0.29, 0.717) is 17.6 Å². The average molecular weight is 1040 g/mol. The number of epoxide rings is 1. The molecule has 75 heavy (non-hydrogen) atoms. The molecule has 2 aliphatic heterocycles. The number of likely N-dealkylation sites (N-methyl/N-ethyl adjacent to an activating group) is 2. The van der Waals surface area contributed by atoms with Gasteiger partial charge in [0.15, 0.2) is 0 Å². The van der Waals surface area contributed by atoms with Gasteiger partial charge in [-0.05, 0) is 76.8 Å². The monoisotopic (exact) mass is 1040 g/mol. The van der Waals surface area contributed by atoms with Crippen LogP contribution in [0.15, 0.2) is 72.4 Å². The van der Waals surface area contributed by atoms with Crippen molar-refractivity contribution in [1.82, 2.24) is 41.0 Å². The number of aromatic nitrogens is 1. The Morgan fingerprint density at radius 3 is 1.81 bits per heavy atom. The molecule has 412 valence electrons. The number of aliphatic hydroxyl groups is 2. The lowest BCUT2D eigenvalue weighted by atomic mass is 9.94. The molecule has 7 N–H and O–H groups in total. The van der Waals surface area contributed by atoms with Gasteiger partial charge in [-0.25, -0.2) is 0 Å². The molecule has 0 aliphatic carbocycles. The number of fused-ring (bicyclic) bond motifs is 1. The second-order valence-electron chi connectivity index (χ2n) is 22.1. The first-order valence-electron chi connectivity index (χ1n) is 26.0. The minimum atomic E-state index is -1.81. The first kappa shape index (κ1) is 59.7. The Labute approximate surface area is 441 Å². The summed E-state index contributed by atoms with van der Waals surface area (Å²) in [6, 6.07) is 6.13. The normalized spacial score (nSPS) is 25.9. The van der Waals surface area contributed by atoms with Crippen molar-refractivity contribution in [2.24, 2.45) is 23.7 Å². The standard InChI is InChI=1S/C56H82N8O11/c1-30(2)24-34(8)44-52(70)60-45(47(66)38-27-64(56(10,11)42-29-75-42)39-23-19-18-22-37(38)39)55(73)63(13)41(26-33(7)28-65)50(68)57-35(9)49(67)61-46(48(74-14)36-20-16-15-17-21-36)53(71)58-43(32(5)6)54(72)62(12)40(25-31(3)4)51(69)59-44/h15-24,27,31-35,40-48,65-66H,25-26,28-29H2,1-14H3,(H,57,68)(H,58,71)(H,59,69)(H,60,70)(H,61,67)/t33-,34-,35+,40+,41+,42+,43?,44+,45+,46+,47-,48-/m1/s1. The highest BCUT2D eigenvalue weighted by molar-refractivity contribution is 5.99. The molecule has 2 aromatic carbocycles. The molecule has 2 fully saturated rings. The summed E-state index contributed by atoms with van der Waals surface area (Å²) in [6.07, 6.45) is 0.516. The Bertz CT molecular complexity index is 2540. The number of hydrogen-bond acceptors (Lipinski definition) is 11. The number of amides is 7. The van der Waals surface area contributed by atoms with Crippen LogP contribution in [0.25, 0.3) is 10.9 Å². The Morgan fingerprint density at radius 1 is 0.733 bits per heavy atom. The van der Waals surface area contributed by atoms with E-state index in [4.69, 9.17) is 9.47 Å². The zero-order valence-electron chi connectivity index (χ0n) is 46.2. The number of benzene rings is 2. The number of aliphatic hydroxyl groups excluding tert-OH is 2. The number of ether oxygens (including phenoxy) is 2. The molecule has 1 unspecified atom stereocenters. The van der Waals surface area contributed by atoms with Crippen molar-refractivity contribution in [3.63, 3.8) is 0 Å². The molecular formula is C56H82N8O11. The van der Waals surface area contributed by atoms with E-state index in [0.717, 1.165) is 16.0 Å². The van der Waals surface area contributed by atoms with Gasteiger partial charge in [0, 0.05) is 56.4 Å². The summed E-state index contributed by atoms with van der Waals surface area (Å²) >= 11 is 0. The third kappa shape index (κ3) is 14.2. The largest absolute Gasteiger partial charge is 0.396 e. The molecule has 2 aliphatic rings. The van der Waals surface area contributed by atoms with Crippen LogP contribution in [-0.2, 0) is 48.6 Å². The summed E-state index contributed by atoms with van der Waals surface area (Å²) in [5.74, 6) is -7.50. The smallest absolute Gasteiger partial charge is 0.248 e. The Balaban J connectivity index is 1.73. The highest BCUT2D eigenvalue weighted by Crippen LogP contribution is 2.38. The summed E-state index contributed by atoms with van der Waals surface area (Å²) in [4.78, 5) is 106. The van der Waals surface area contributed by atoms with E-state index in [1.54, 1.807) is 82.4 Å². The first-order chi connectivity index (χ1) is 35.2. The number of carbonyl (C=O) groups is 7. The average Bonchev–Trinajstić information content (AvgIpc) is 4.16. The van der Waals surface area contributed by atoms with Gasteiger partial charge < -0.3 is 60.6 Å². The van der Waals surface area contributed by atoms with Crippen molar-refractivity contribution in [3.8, 4) is 0 Å². The van der Waals surface area contributed by atoms with E-state index >= 15 is 9.59 Å². The van der Waals surface area contributed by atoms with Gasteiger partial charge in [0.1, 0.15) is 60.6 Å². The molecule has 1 aromatic heterocycles. The van der Waals surface area contributed by atoms with Crippen molar-refractivity contribution in [2.45, 2.75) is 155 Å². The number of allylic oxidation sites excluding steroid dienone is 1. The molecule has 5 rings (SSSR count). The van der Waals surface area contributed by atoms with Gasteiger partial charge in [0.05, 0.1) is 12.1 Å². The van der Waals surface area contributed by atoms with Gasteiger partial charge >= 0.3 is 0 Å². The fourth-order valence-electron chi connectivity index (χ4n) is 9.86. The number of rotatable bonds is 15. The molecule has 12 atom stereocenters. The number of para-hydroxylation sites is 1. The molecule has 0 bridgehead atoms. The minimum absolute atomic E-state index is 0.124. The van der Waals surface area contributed by atoms with Crippen LogP contribution < -0.4 is 26.6 Å². The zero-order chi connectivity index (χ0) is 55.8. The molecule has 19 heteroatoms. The van der Waals surface area contributed by atoms with Crippen molar-refractivity contribution in [1.29, 1.82) is 0 Å². The third-order valence-electron chi connectivity index (χ3n) is 14.5. The van der Waals surface area contributed by atoms with Crippen LogP contribution >= 0.6 is 0 Å². The lowest BCUT2D eigenvalue weighted by molar-refractivity contribution is -0.146. The lowest BCUT2D eigenvalue weighted by Crippen LogP contribution is -2.62.